The number of aryl methyl sites for hydroxylation is 2. The van der Waals surface area contributed by atoms with Crippen LogP contribution in [0.15, 0.2) is 29.1 Å². The van der Waals surface area contributed by atoms with Crippen LogP contribution in [0, 0.1) is 24.0 Å². The molecule has 0 saturated carbocycles. The fraction of sp³-hybridized carbons (Fsp3) is 0.286. The van der Waals surface area contributed by atoms with Crippen molar-refractivity contribution < 1.29 is 4.92 Å². The summed E-state index contributed by atoms with van der Waals surface area (Å²) in [5, 5.41) is 13.7. The molecule has 0 aliphatic heterocycles. The zero-order valence-corrected chi connectivity index (χ0v) is 12.1. The second-order valence-electron chi connectivity index (χ2n) is 4.73. The predicted molar refractivity (Wildman–Crippen MR) is 79.7 cm³/mol. The number of hydrogen-bond acceptors (Lipinski definition) is 5. The van der Waals surface area contributed by atoms with Crippen molar-refractivity contribution in [1.29, 1.82) is 0 Å². The van der Waals surface area contributed by atoms with E-state index in [2.05, 4.69) is 10.3 Å². The van der Waals surface area contributed by atoms with Gasteiger partial charge in [-0.15, -0.1) is 0 Å². The maximum Gasteiger partial charge on any atom is 0.292 e. The van der Waals surface area contributed by atoms with Crippen LogP contribution in [0.4, 0.5) is 11.4 Å². The molecule has 7 heteroatoms. The first-order chi connectivity index (χ1) is 9.92. The minimum Gasteiger partial charge on any atom is -0.383 e. The van der Waals surface area contributed by atoms with Crippen molar-refractivity contribution in [3.63, 3.8) is 0 Å². The molecular weight excluding hydrogens is 272 g/mol. The lowest BCUT2D eigenvalue weighted by molar-refractivity contribution is -0.383. The van der Waals surface area contributed by atoms with Crippen molar-refractivity contribution >= 4 is 11.4 Å². The van der Waals surface area contributed by atoms with Crippen LogP contribution in [0.25, 0.3) is 0 Å². The summed E-state index contributed by atoms with van der Waals surface area (Å²) in [6.07, 6.45) is 0. The highest BCUT2D eigenvalue weighted by Gasteiger charge is 2.13. The predicted octanol–water partition coefficient (Wildman–Crippen LogP) is 1.86. The third kappa shape index (κ3) is 3.07. The molecule has 0 fully saturated rings. The maximum absolute atomic E-state index is 12.0. The number of nitrogens with one attached hydrogen (secondary N) is 1. The average Bonchev–Trinajstić information content (AvgIpc) is 2.42. The van der Waals surface area contributed by atoms with Gasteiger partial charge in [0.25, 0.3) is 11.2 Å². The van der Waals surface area contributed by atoms with Gasteiger partial charge in [0.05, 0.1) is 11.5 Å². The molecule has 1 N–H and O–H groups in total. The van der Waals surface area contributed by atoms with Gasteiger partial charge in [0.1, 0.15) is 11.5 Å². The van der Waals surface area contributed by atoms with Gasteiger partial charge in [-0.25, -0.2) is 4.98 Å². The van der Waals surface area contributed by atoms with Crippen molar-refractivity contribution in [3.8, 4) is 0 Å². The summed E-state index contributed by atoms with van der Waals surface area (Å²) < 4.78 is 1.54. The third-order valence-electron chi connectivity index (χ3n) is 3.19. The van der Waals surface area contributed by atoms with Crippen LogP contribution in [0.1, 0.15) is 17.1 Å². The third-order valence-corrected chi connectivity index (χ3v) is 3.19. The molecule has 0 saturated heterocycles. The summed E-state index contributed by atoms with van der Waals surface area (Å²) >= 11 is 0. The van der Waals surface area contributed by atoms with Gasteiger partial charge in [-0.2, -0.15) is 0 Å². The smallest absolute Gasteiger partial charge is 0.292 e. The van der Waals surface area contributed by atoms with Crippen LogP contribution < -0.4 is 10.9 Å². The molecule has 110 valence electrons. The van der Waals surface area contributed by atoms with Crippen LogP contribution in [0.5, 0.6) is 0 Å². The molecule has 0 amide bonds. The molecule has 0 bridgehead atoms. The fourth-order valence-corrected chi connectivity index (χ4v) is 2.18. The van der Waals surface area contributed by atoms with Gasteiger partial charge < -0.3 is 5.32 Å². The first-order valence-electron chi connectivity index (χ1n) is 6.42. The lowest BCUT2D eigenvalue weighted by Gasteiger charge is -2.11. The van der Waals surface area contributed by atoms with E-state index in [9.17, 15) is 14.9 Å². The lowest BCUT2D eigenvalue weighted by atomic mass is 10.1. The molecule has 0 atom stereocenters. The van der Waals surface area contributed by atoms with Crippen LogP contribution in [0.3, 0.4) is 0 Å². The number of rotatable bonds is 4. The number of nitro benzene ring substituents is 1. The molecule has 0 aliphatic rings. The summed E-state index contributed by atoms with van der Waals surface area (Å²) in [6.45, 7) is 3.85. The van der Waals surface area contributed by atoms with Gasteiger partial charge in [-0.05, 0) is 25.5 Å². The lowest BCUT2D eigenvalue weighted by Crippen LogP contribution is -2.24. The summed E-state index contributed by atoms with van der Waals surface area (Å²) in [5.74, 6) is 0.615. The first-order valence-corrected chi connectivity index (χ1v) is 6.42. The van der Waals surface area contributed by atoms with Gasteiger partial charge in [-0.3, -0.25) is 19.5 Å². The van der Waals surface area contributed by atoms with Crippen molar-refractivity contribution in [3.05, 3.63) is 61.8 Å². The molecule has 0 unspecified atom stereocenters. The Balaban J connectivity index is 2.41. The summed E-state index contributed by atoms with van der Waals surface area (Å²) in [7, 11) is 1.62. The van der Waals surface area contributed by atoms with Crippen molar-refractivity contribution in [2.45, 2.75) is 20.4 Å². The molecule has 0 radical (unpaired) electrons. The molecule has 1 aromatic carbocycles. The Morgan fingerprint density at radius 3 is 2.62 bits per heavy atom. The topological polar surface area (TPSA) is 90.1 Å². The van der Waals surface area contributed by atoms with Gasteiger partial charge in [-0.1, -0.05) is 6.07 Å². The number of anilines is 1. The van der Waals surface area contributed by atoms with E-state index in [1.807, 2.05) is 0 Å². The van der Waals surface area contributed by atoms with Crippen LogP contribution >= 0.6 is 0 Å². The Bertz CT molecular complexity index is 752. The average molecular weight is 288 g/mol. The molecular formula is C14H16N4O3. The second kappa shape index (κ2) is 5.74. The molecule has 2 rings (SSSR count). The van der Waals surface area contributed by atoms with Crippen molar-refractivity contribution in [2.75, 3.05) is 12.4 Å². The highest BCUT2D eigenvalue weighted by atomic mass is 16.6. The van der Waals surface area contributed by atoms with Crippen LogP contribution in [-0.2, 0) is 6.54 Å². The van der Waals surface area contributed by atoms with E-state index in [0.717, 1.165) is 5.56 Å². The Morgan fingerprint density at radius 2 is 2.05 bits per heavy atom. The molecule has 2 aromatic rings. The quantitative estimate of drug-likeness (QED) is 0.685. The molecule has 1 heterocycles. The second-order valence-corrected chi connectivity index (χ2v) is 4.73. The summed E-state index contributed by atoms with van der Waals surface area (Å²) in [6, 6.07) is 6.22. The Hall–Kier alpha value is -2.70. The van der Waals surface area contributed by atoms with E-state index in [-0.39, 0.29) is 11.2 Å². The van der Waals surface area contributed by atoms with E-state index in [0.29, 0.717) is 23.8 Å². The normalized spacial score (nSPS) is 10.4. The number of nitrogens with zero attached hydrogens (tertiary/aromatic N) is 3. The van der Waals surface area contributed by atoms with E-state index < -0.39 is 4.92 Å². The monoisotopic (exact) mass is 288 g/mol. The fourth-order valence-electron chi connectivity index (χ4n) is 2.18. The number of benzene rings is 1. The zero-order valence-electron chi connectivity index (χ0n) is 12.1. The zero-order chi connectivity index (χ0) is 15.6. The largest absolute Gasteiger partial charge is 0.383 e. The van der Waals surface area contributed by atoms with E-state index in [1.165, 1.54) is 16.7 Å². The minimum atomic E-state index is -0.444. The summed E-state index contributed by atoms with van der Waals surface area (Å²) in [5.41, 5.74) is 1.76. The van der Waals surface area contributed by atoms with E-state index >= 15 is 0 Å². The van der Waals surface area contributed by atoms with Gasteiger partial charge >= 0.3 is 0 Å². The van der Waals surface area contributed by atoms with Crippen LogP contribution in [-0.4, -0.2) is 21.5 Å². The Labute approximate surface area is 121 Å². The van der Waals surface area contributed by atoms with Crippen LogP contribution in [0.2, 0.25) is 0 Å². The maximum atomic E-state index is 12.0. The molecule has 7 nitrogen and oxygen atoms in total. The van der Waals surface area contributed by atoms with Gasteiger partial charge in [0, 0.05) is 24.9 Å². The number of nitro groups is 1. The van der Waals surface area contributed by atoms with Crippen molar-refractivity contribution in [1.82, 2.24) is 9.55 Å². The minimum absolute atomic E-state index is 0.00681. The highest BCUT2D eigenvalue weighted by molar-refractivity contribution is 5.62. The Kier molecular flexibility index (Phi) is 4.02. The van der Waals surface area contributed by atoms with E-state index in [4.69, 9.17) is 0 Å². The van der Waals surface area contributed by atoms with Gasteiger partial charge in [0.15, 0.2) is 0 Å². The molecule has 21 heavy (non-hydrogen) atoms. The highest BCUT2D eigenvalue weighted by Crippen LogP contribution is 2.25. The Morgan fingerprint density at radius 1 is 1.33 bits per heavy atom. The summed E-state index contributed by atoms with van der Waals surface area (Å²) in [4.78, 5) is 26.7. The first kappa shape index (κ1) is 14.7. The SMILES string of the molecule is CNc1cc(Cn2c(C)nc(C)cc2=O)ccc1[N+](=O)[O-]. The number of aromatic nitrogens is 2. The van der Waals surface area contributed by atoms with Gasteiger partial charge in [0.2, 0.25) is 0 Å². The van der Waals surface area contributed by atoms with Crippen molar-refractivity contribution in [2.24, 2.45) is 0 Å². The number of hydrogen-bond donors (Lipinski definition) is 1. The van der Waals surface area contributed by atoms with E-state index in [1.54, 1.807) is 33.0 Å². The molecule has 1 aromatic heterocycles. The standard InChI is InChI=1S/C14H16N4O3/c1-9-6-14(19)17(10(2)16-9)8-11-4-5-13(18(20)21)12(7-11)15-3/h4-7,15H,8H2,1-3H3. The molecule has 0 aliphatic carbocycles. The molecule has 0 spiro atoms.